The largest absolute Gasteiger partial charge is 0.385 e. The van der Waals surface area contributed by atoms with Crippen LogP contribution in [0.3, 0.4) is 0 Å². The van der Waals surface area contributed by atoms with E-state index in [1.807, 2.05) is 21.1 Å². The molecule has 0 amide bonds. The molecule has 7 nitrogen and oxygen atoms in total. The van der Waals surface area contributed by atoms with E-state index in [1.54, 1.807) is 10.9 Å². The van der Waals surface area contributed by atoms with Crippen molar-refractivity contribution < 1.29 is 9.59 Å². The SMILES string of the molecule is C[N+](C)(C)CC(O)Cn1cnc2c(N)ncnc21. The van der Waals surface area contributed by atoms with Crippen molar-refractivity contribution in [2.45, 2.75) is 12.6 Å². The van der Waals surface area contributed by atoms with Gasteiger partial charge in [0, 0.05) is 0 Å². The van der Waals surface area contributed by atoms with Crippen LogP contribution in [0.1, 0.15) is 0 Å². The van der Waals surface area contributed by atoms with Gasteiger partial charge in [-0.1, -0.05) is 0 Å². The number of fused-ring (bicyclic) bond motifs is 1. The Kier molecular flexibility index (Phi) is 3.18. The van der Waals surface area contributed by atoms with Crippen LogP contribution in [-0.4, -0.2) is 62.9 Å². The zero-order chi connectivity index (χ0) is 13.3. The number of rotatable bonds is 4. The van der Waals surface area contributed by atoms with Gasteiger partial charge in [0.15, 0.2) is 11.5 Å². The lowest BCUT2D eigenvalue weighted by molar-refractivity contribution is -0.873. The molecule has 0 saturated heterocycles. The predicted molar refractivity (Wildman–Crippen MR) is 68.6 cm³/mol. The summed E-state index contributed by atoms with van der Waals surface area (Å²) in [6.07, 6.45) is 2.58. The molecule has 18 heavy (non-hydrogen) atoms. The fourth-order valence-corrected chi connectivity index (χ4v) is 1.95. The average Bonchev–Trinajstić information content (AvgIpc) is 2.60. The van der Waals surface area contributed by atoms with Gasteiger partial charge in [0.25, 0.3) is 0 Å². The smallest absolute Gasteiger partial charge is 0.165 e. The third-order valence-electron chi connectivity index (χ3n) is 2.60. The molecule has 0 aliphatic carbocycles. The van der Waals surface area contributed by atoms with Crippen molar-refractivity contribution in [3.8, 4) is 0 Å². The zero-order valence-electron chi connectivity index (χ0n) is 10.9. The molecule has 0 saturated carbocycles. The molecular weight excluding hydrogens is 232 g/mol. The molecule has 2 rings (SSSR count). The number of hydrogen-bond donors (Lipinski definition) is 2. The van der Waals surface area contributed by atoms with Gasteiger partial charge in [0.2, 0.25) is 0 Å². The number of quaternary nitrogens is 1. The Labute approximate surface area is 105 Å². The van der Waals surface area contributed by atoms with Crippen molar-refractivity contribution in [1.29, 1.82) is 0 Å². The minimum absolute atomic E-state index is 0.361. The number of aromatic nitrogens is 4. The highest BCUT2D eigenvalue weighted by Gasteiger charge is 2.17. The standard InChI is InChI=1S/C11H19N6O/c1-17(2,3)5-8(18)4-16-7-15-9-10(12)13-6-14-11(9)16/h6-8,18H,4-5H2,1-3H3,(H2,12,13,14)/q+1. The Bertz CT molecular complexity index is 544. The van der Waals surface area contributed by atoms with Crippen LogP contribution in [0.4, 0.5) is 5.82 Å². The summed E-state index contributed by atoms with van der Waals surface area (Å²) in [7, 11) is 6.11. The van der Waals surface area contributed by atoms with Gasteiger partial charge < -0.3 is 19.9 Å². The van der Waals surface area contributed by atoms with Gasteiger partial charge in [-0.15, -0.1) is 0 Å². The number of nitrogen functional groups attached to an aromatic ring is 1. The van der Waals surface area contributed by atoms with Crippen LogP contribution in [0.25, 0.3) is 11.2 Å². The fraction of sp³-hybridized carbons (Fsp3) is 0.545. The normalized spacial score (nSPS) is 14.0. The molecule has 0 bridgehead atoms. The summed E-state index contributed by atoms with van der Waals surface area (Å²) < 4.78 is 2.50. The quantitative estimate of drug-likeness (QED) is 0.713. The van der Waals surface area contributed by atoms with E-state index >= 15 is 0 Å². The number of aliphatic hydroxyl groups is 1. The maximum absolute atomic E-state index is 10.0. The second-order valence-electron chi connectivity index (χ2n) is 5.45. The molecular formula is C11H19N6O+. The van der Waals surface area contributed by atoms with Gasteiger partial charge >= 0.3 is 0 Å². The number of nitrogens with zero attached hydrogens (tertiary/aromatic N) is 5. The Morgan fingerprint density at radius 1 is 1.33 bits per heavy atom. The van der Waals surface area contributed by atoms with Crippen LogP contribution in [0.5, 0.6) is 0 Å². The molecule has 2 aromatic rings. The number of likely N-dealkylation sites (N-methyl/N-ethyl adjacent to an activating group) is 1. The molecule has 1 atom stereocenters. The minimum Gasteiger partial charge on any atom is -0.385 e. The highest BCUT2D eigenvalue weighted by atomic mass is 16.3. The van der Waals surface area contributed by atoms with Crippen LogP contribution in [0, 0.1) is 0 Å². The molecule has 0 aliphatic heterocycles. The third kappa shape index (κ3) is 2.74. The van der Waals surface area contributed by atoms with Crippen LogP contribution < -0.4 is 5.73 Å². The maximum Gasteiger partial charge on any atom is 0.165 e. The molecule has 7 heteroatoms. The van der Waals surface area contributed by atoms with Crippen molar-refractivity contribution in [2.24, 2.45) is 0 Å². The van der Waals surface area contributed by atoms with Crippen LogP contribution in [0.15, 0.2) is 12.7 Å². The van der Waals surface area contributed by atoms with Crippen molar-refractivity contribution in [3.63, 3.8) is 0 Å². The number of imidazole rings is 1. The van der Waals surface area contributed by atoms with Gasteiger partial charge in [-0.3, -0.25) is 0 Å². The van der Waals surface area contributed by atoms with Crippen molar-refractivity contribution in [2.75, 3.05) is 33.4 Å². The van der Waals surface area contributed by atoms with E-state index in [9.17, 15) is 5.11 Å². The summed E-state index contributed by atoms with van der Waals surface area (Å²) in [5.41, 5.74) is 6.94. The Hall–Kier alpha value is -1.73. The van der Waals surface area contributed by atoms with Crippen molar-refractivity contribution >= 4 is 17.0 Å². The van der Waals surface area contributed by atoms with Gasteiger partial charge in [0.05, 0.1) is 34.0 Å². The number of aliphatic hydroxyl groups excluding tert-OH is 1. The van der Waals surface area contributed by atoms with E-state index in [4.69, 9.17) is 5.73 Å². The fourth-order valence-electron chi connectivity index (χ4n) is 1.95. The lowest BCUT2D eigenvalue weighted by Gasteiger charge is -2.26. The summed E-state index contributed by atoms with van der Waals surface area (Å²) in [6.45, 7) is 1.10. The first-order chi connectivity index (χ1) is 8.37. The van der Waals surface area contributed by atoms with Crippen LogP contribution in [0.2, 0.25) is 0 Å². The first-order valence-corrected chi connectivity index (χ1v) is 5.76. The monoisotopic (exact) mass is 251 g/mol. The molecule has 0 fully saturated rings. The number of anilines is 1. The first kappa shape index (κ1) is 12.7. The molecule has 0 spiro atoms. The zero-order valence-corrected chi connectivity index (χ0v) is 10.9. The lowest BCUT2D eigenvalue weighted by atomic mass is 10.3. The summed E-state index contributed by atoms with van der Waals surface area (Å²) in [5, 5.41) is 10.0. The molecule has 3 N–H and O–H groups in total. The van der Waals surface area contributed by atoms with E-state index in [1.165, 1.54) is 6.33 Å². The van der Waals surface area contributed by atoms with E-state index in [-0.39, 0.29) is 0 Å². The number of hydrogen-bond acceptors (Lipinski definition) is 5. The molecule has 1 unspecified atom stereocenters. The number of nitrogens with two attached hydrogens (primary N) is 1. The summed E-state index contributed by atoms with van der Waals surface area (Å²) in [4.78, 5) is 12.2. The van der Waals surface area contributed by atoms with E-state index < -0.39 is 6.10 Å². The average molecular weight is 251 g/mol. The van der Waals surface area contributed by atoms with Gasteiger partial charge in [0.1, 0.15) is 24.5 Å². The van der Waals surface area contributed by atoms with Gasteiger partial charge in [-0.2, -0.15) is 0 Å². The second kappa shape index (κ2) is 4.51. The highest BCUT2D eigenvalue weighted by Crippen LogP contribution is 2.14. The summed E-state index contributed by atoms with van der Waals surface area (Å²) in [6, 6.07) is 0. The van der Waals surface area contributed by atoms with E-state index in [0.717, 1.165) is 0 Å². The topological polar surface area (TPSA) is 89.8 Å². The molecule has 0 aromatic carbocycles. The molecule has 0 radical (unpaired) electrons. The minimum atomic E-state index is -0.460. The summed E-state index contributed by atoms with van der Waals surface area (Å²) in [5.74, 6) is 0.361. The Morgan fingerprint density at radius 2 is 2.06 bits per heavy atom. The first-order valence-electron chi connectivity index (χ1n) is 5.76. The summed E-state index contributed by atoms with van der Waals surface area (Å²) >= 11 is 0. The Morgan fingerprint density at radius 3 is 2.72 bits per heavy atom. The molecule has 0 aliphatic rings. The highest BCUT2D eigenvalue weighted by molar-refractivity contribution is 5.81. The van der Waals surface area contributed by atoms with Crippen LogP contribution in [-0.2, 0) is 6.54 Å². The second-order valence-corrected chi connectivity index (χ2v) is 5.45. The van der Waals surface area contributed by atoms with E-state index in [0.29, 0.717) is 34.6 Å². The third-order valence-corrected chi connectivity index (χ3v) is 2.60. The van der Waals surface area contributed by atoms with Crippen LogP contribution >= 0.6 is 0 Å². The van der Waals surface area contributed by atoms with Crippen molar-refractivity contribution in [1.82, 2.24) is 19.5 Å². The predicted octanol–water partition coefficient (Wildman–Crippen LogP) is -0.524. The molecule has 2 aromatic heterocycles. The molecule has 2 heterocycles. The maximum atomic E-state index is 10.0. The van der Waals surface area contributed by atoms with Crippen molar-refractivity contribution in [3.05, 3.63) is 12.7 Å². The lowest BCUT2D eigenvalue weighted by Crippen LogP contribution is -2.42. The van der Waals surface area contributed by atoms with E-state index in [2.05, 4.69) is 15.0 Å². The van der Waals surface area contributed by atoms with Gasteiger partial charge in [-0.05, 0) is 0 Å². The molecule has 98 valence electrons. The van der Waals surface area contributed by atoms with Gasteiger partial charge in [-0.25, -0.2) is 15.0 Å². The Balaban J connectivity index is 2.20.